The lowest BCUT2D eigenvalue weighted by atomic mass is 9.93. The van der Waals surface area contributed by atoms with Gasteiger partial charge in [-0.2, -0.15) is 0 Å². The Bertz CT molecular complexity index is 1840. The van der Waals surface area contributed by atoms with Crippen LogP contribution >= 0.6 is 33.9 Å². The monoisotopic (exact) mass is 666 g/mol. The van der Waals surface area contributed by atoms with Crippen LogP contribution in [0.2, 0.25) is 0 Å². The summed E-state index contributed by atoms with van der Waals surface area (Å²) in [6.07, 6.45) is 1.83. The Morgan fingerprint density at radius 1 is 1.12 bits per heavy atom. The molecule has 10 heteroatoms. The molecule has 0 radical (unpaired) electrons. The first-order valence-electron chi connectivity index (χ1n) is 12.5. The minimum Gasteiger partial charge on any atom is -0.496 e. The van der Waals surface area contributed by atoms with E-state index in [1.54, 1.807) is 24.7 Å². The summed E-state index contributed by atoms with van der Waals surface area (Å²) in [5, 5.41) is 0. The van der Waals surface area contributed by atoms with Crippen LogP contribution in [0.4, 0.5) is 0 Å². The summed E-state index contributed by atoms with van der Waals surface area (Å²) >= 11 is 3.48. The van der Waals surface area contributed by atoms with E-state index in [9.17, 15) is 9.59 Å². The van der Waals surface area contributed by atoms with Gasteiger partial charge in [0, 0.05) is 5.56 Å². The van der Waals surface area contributed by atoms with Crippen LogP contribution in [0.5, 0.6) is 17.2 Å². The molecule has 202 valence electrons. The Kier molecular flexibility index (Phi) is 7.20. The van der Waals surface area contributed by atoms with E-state index in [0.717, 1.165) is 20.4 Å². The largest absolute Gasteiger partial charge is 0.496 e. The molecule has 0 N–H and O–H groups in total. The maximum absolute atomic E-state index is 14.0. The number of rotatable bonds is 6. The van der Waals surface area contributed by atoms with E-state index in [0.29, 0.717) is 32.1 Å². The zero-order valence-corrected chi connectivity index (χ0v) is 24.5. The second kappa shape index (κ2) is 10.9. The van der Waals surface area contributed by atoms with Gasteiger partial charge in [0.05, 0.1) is 39.1 Å². The fourth-order valence-corrected chi connectivity index (χ4v) is 6.52. The van der Waals surface area contributed by atoms with Crippen molar-refractivity contribution in [2.45, 2.75) is 13.0 Å². The maximum Gasteiger partial charge on any atom is 0.338 e. The number of fused-ring (bicyclic) bond motifs is 2. The van der Waals surface area contributed by atoms with E-state index in [2.05, 4.69) is 22.6 Å². The first kappa shape index (κ1) is 26.3. The molecule has 6 rings (SSSR count). The van der Waals surface area contributed by atoms with Crippen molar-refractivity contribution >= 4 is 51.7 Å². The van der Waals surface area contributed by atoms with Crippen LogP contribution in [0.3, 0.4) is 0 Å². The van der Waals surface area contributed by atoms with Gasteiger partial charge in [-0.1, -0.05) is 53.8 Å². The Hall–Kier alpha value is -3.90. The van der Waals surface area contributed by atoms with Gasteiger partial charge in [0.2, 0.25) is 6.79 Å². The third-order valence-corrected chi connectivity index (χ3v) is 8.39. The van der Waals surface area contributed by atoms with Crippen LogP contribution in [-0.2, 0) is 9.53 Å². The summed E-state index contributed by atoms with van der Waals surface area (Å²) in [4.78, 5) is 33.0. The third kappa shape index (κ3) is 4.71. The smallest absolute Gasteiger partial charge is 0.338 e. The number of benzene rings is 3. The first-order chi connectivity index (χ1) is 19.5. The molecular weight excluding hydrogens is 643 g/mol. The lowest BCUT2D eigenvalue weighted by Crippen LogP contribution is -2.40. The molecule has 40 heavy (non-hydrogen) atoms. The molecule has 1 atom stereocenters. The molecule has 2 aliphatic rings. The van der Waals surface area contributed by atoms with Crippen LogP contribution in [0.25, 0.3) is 11.8 Å². The average molecular weight is 666 g/mol. The number of hydrogen-bond donors (Lipinski definition) is 0. The Labute approximate surface area is 247 Å². The summed E-state index contributed by atoms with van der Waals surface area (Å²) in [5.74, 6) is 1.38. The quantitative estimate of drug-likeness (QED) is 0.226. The number of esters is 1. The number of ether oxygens (including phenoxy) is 4. The summed E-state index contributed by atoms with van der Waals surface area (Å²) in [6.45, 7) is 2.04. The van der Waals surface area contributed by atoms with Crippen LogP contribution in [0.15, 0.2) is 82.1 Å². The number of carbonyl (C=O) groups excluding carboxylic acids is 1. The molecule has 1 aromatic heterocycles. The number of halogens is 1. The molecule has 0 saturated carbocycles. The van der Waals surface area contributed by atoms with Crippen LogP contribution in [0.1, 0.15) is 29.7 Å². The minimum atomic E-state index is -0.793. The molecular formula is C30H23IN2O6S. The molecule has 0 aliphatic carbocycles. The Morgan fingerprint density at radius 3 is 2.67 bits per heavy atom. The van der Waals surface area contributed by atoms with Gasteiger partial charge in [-0.05, 0) is 71.0 Å². The Balaban J connectivity index is 1.62. The van der Waals surface area contributed by atoms with Crippen molar-refractivity contribution in [1.82, 2.24) is 4.57 Å². The first-order valence-corrected chi connectivity index (χ1v) is 14.4. The van der Waals surface area contributed by atoms with Gasteiger partial charge < -0.3 is 18.9 Å². The Morgan fingerprint density at radius 2 is 1.93 bits per heavy atom. The predicted octanol–water partition coefficient (Wildman–Crippen LogP) is 4.28. The maximum atomic E-state index is 14.0. The third-order valence-electron chi connectivity index (χ3n) is 6.56. The number of carbonyl (C=O) groups is 1. The zero-order chi connectivity index (χ0) is 27.8. The molecule has 8 nitrogen and oxygen atoms in total. The normalized spacial score (nSPS) is 16.0. The van der Waals surface area contributed by atoms with Crippen LogP contribution < -0.4 is 29.1 Å². The van der Waals surface area contributed by atoms with Crippen molar-refractivity contribution in [3.8, 4) is 17.2 Å². The molecule has 0 fully saturated rings. The lowest BCUT2D eigenvalue weighted by molar-refractivity contribution is -0.138. The van der Waals surface area contributed by atoms with Gasteiger partial charge in [-0.25, -0.2) is 9.79 Å². The average Bonchev–Trinajstić information content (AvgIpc) is 3.56. The molecule has 0 amide bonds. The molecule has 0 saturated heterocycles. The van der Waals surface area contributed by atoms with Gasteiger partial charge in [0.25, 0.3) is 5.56 Å². The molecule has 4 aromatic rings. The fraction of sp³-hybridized carbons (Fsp3) is 0.167. The number of hydrogen-bond acceptors (Lipinski definition) is 8. The minimum absolute atomic E-state index is 0.109. The van der Waals surface area contributed by atoms with E-state index < -0.39 is 12.0 Å². The topological polar surface area (TPSA) is 88.4 Å². The molecule has 3 aromatic carbocycles. The van der Waals surface area contributed by atoms with Gasteiger partial charge in [0.1, 0.15) is 5.75 Å². The van der Waals surface area contributed by atoms with E-state index >= 15 is 0 Å². The highest BCUT2D eigenvalue weighted by Crippen LogP contribution is 2.40. The summed E-state index contributed by atoms with van der Waals surface area (Å²) in [6, 6.07) is 19.8. The van der Waals surface area contributed by atoms with Crippen molar-refractivity contribution < 1.29 is 23.7 Å². The summed E-state index contributed by atoms with van der Waals surface area (Å²) in [5.41, 5.74) is 2.77. The van der Waals surface area contributed by atoms with Gasteiger partial charge in [0.15, 0.2) is 16.3 Å². The molecule has 2 aliphatic heterocycles. The highest BCUT2D eigenvalue weighted by atomic mass is 127. The van der Waals surface area contributed by atoms with Crippen molar-refractivity contribution in [2.75, 3.05) is 20.5 Å². The van der Waals surface area contributed by atoms with Crippen molar-refractivity contribution in [3.05, 3.63) is 112 Å². The number of nitrogens with zero attached hydrogens (tertiary/aromatic N) is 2. The second-order valence-electron chi connectivity index (χ2n) is 8.94. The fourth-order valence-electron chi connectivity index (χ4n) is 4.76. The van der Waals surface area contributed by atoms with Gasteiger partial charge >= 0.3 is 5.97 Å². The zero-order valence-electron chi connectivity index (χ0n) is 21.5. The number of aromatic nitrogens is 1. The predicted molar refractivity (Wildman–Crippen MR) is 159 cm³/mol. The summed E-state index contributed by atoms with van der Waals surface area (Å²) in [7, 11) is 1.62. The van der Waals surface area contributed by atoms with Gasteiger partial charge in [-0.3, -0.25) is 9.36 Å². The van der Waals surface area contributed by atoms with E-state index in [1.165, 1.54) is 11.3 Å². The molecule has 0 bridgehead atoms. The second-order valence-corrected chi connectivity index (χ2v) is 11.1. The van der Waals surface area contributed by atoms with E-state index in [1.807, 2.05) is 66.7 Å². The van der Waals surface area contributed by atoms with Crippen LogP contribution in [-0.4, -0.2) is 31.0 Å². The SMILES string of the molecule is CCOC(=O)C1=C(c2ccccc2)N=c2s/c(=C\c3ccc(OC)c(I)c3)c(=O)n2[C@@H]1c1ccc2c(c1)OCO2. The van der Waals surface area contributed by atoms with E-state index in [-0.39, 0.29) is 24.5 Å². The number of thiazole rings is 1. The standard InChI is InChI=1S/C30H23IN2O6S/c1-3-37-29(35)25-26(18-7-5-4-6-8-18)32-30-33(27(25)19-10-12-22-23(15-19)39-16-38-22)28(34)24(40-30)14-17-9-11-21(36-2)20(31)13-17/h4-15,27H,3,16H2,1-2H3/b24-14-/t27-/m1/s1. The van der Waals surface area contributed by atoms with Crippen molar-refractivity contribution in [3.63, 3.8) is 0 Å². The van der Waals surface area contributed by atoms with Crippen LogP contribution in [0, 0.1) is 3.57 Å². The van der Waals surface area contributed by atoms with E-state index in [4.69, 9.17) is 23.9 Å². The molecule has 0 spiro atoms. The molecule has 0 unspecified atom stereocenters. The van der Waals surface area contributed by atoms with Crippen molar-refractivity contribution in [1.29, 1.82) is 0 Å². The summed E-state index contributed by atoms with van der Waals surface area (Å²) < 4.78 is 25.0. The van der Waals surface area contributed by atoms with Crippen molar-refractivity contribution in [2.24, 2.45) is 4.99 Å². The highest BCUT2D eigenvalue weighted by molar-refractivity contribution is 14.1. The lowest BCUT2D eigenvalue weighted by Gasteiger charge is -2.26. The number of methoxy groups -OCH3 is 1. The van der Waals surface area contributed by atoms with Gasteiger partial charge in [-0.15, -0.1) is 0 Å². The highest BCUT2D eigenvalue weighted by Gasteiger charge is 2.36. The molecule has 3 heterocycles.